The lowest BCUT2D eigenvalue weighted by atomic mass is 10.3. The second kappa shape index (κ2) is 7.02. The van der Waals surface area contributed by atoms with E-state index in [9.17, 15) is 19.2 Å². The van der Waals surface area contributed by atoms with Crippen LogP contribution in [0.5, 0.6) is 0 Å². The van der Waals surface area contributed by atoms with Crippen molar-refractivity contribution in [3.63, 3.8) is 0 Å². The van der Waals surface area contributed by atoms with Crippen molar-refractivity contribution in [1.82, 2.24) is 9.97 Å². The van der Waals surface area contributed by atoms with Gasteiger partial charge in [0.05, 0.1) is 0 Å². The lowest BCUT2D eigenvalue weighted by molar-refractivity contribution is -0.119. The Morgan fingerprint density at radius 2 is 1.86 bits per heavy atom. The Kier molecular flexibility index (Phi) is 5.09. The minimum atomic E-state index is -1.00. The monoisotopic (exact) mass is 415 g/mol. The first-order valence-electron chi connectivity index (χ1n) is 6.00. The van der Waals surface area contributed by atoms with Crippen LogP contribution in [0.1, 0.15) is 10.4 Å². The largest absolute Gasteiger partial charge is 0.452 e. The molecule has 0 aliphatic rings. The summed E-state index contributed by atoms with van der Waals surface area (Å²) in [6, 6.07) is 7.02. The number of hydrogen-bond acceptors (Lipinski definition) is 5. The predicted molar refractivity (Wildman–Crippen MR) is 85.8 cm³/mol. The maximum atomic E-state index is 11.6. The van der Waals surface area contributed by atoms with Gasteiger partial charge < -0.3 is 15.0 Å². The van der Waals surface area contributed by atoms with E-state index in [4.69, 9.17) is 4.74 Å². The lowest BCUT2D eigenvalue weighted by Gasteiger charge is -2.06. The van der Waals surface area contributed by atoms with Crippen molar-refractivity contribution in [2.75, 3.05) is 11.9 Å². The highest BCUT2D eigenvalue weighted by molar-refractivity contribution is 14.1. The molecule has 0 aliphatic heterocycles. The van der Waals surface area contributed by atoms with Gasteiger partial charge in [-0.25, -0.2) is 9.59 Å². The van der Waals surface area contributed by atoms with Gasteiger partial charge in [0.1, 0.15) is 5.56 Å². The van der Waals surface area contributed by atoms with Crippen molar-refractivity contribution in [3.8, 4) is 0 Å². The Morgan fingerprint density at radius 1 is 1.18 bits per heavy atom. The molecule has 0 radical (unpaired) electrons. The van der Waals surface area contributed by atoms with Crippen LogP contribution in [0.4, 0.5) is 5.69 Å². The molecule has 114 valence electrons. The molecule has 0 bridgehead atoms. The molecule has 0 unspecified atom stereocenters. The minimum absolute atomic E-state index is 0.387. The summed E-state index contributed by atoms with van der Waals surface area (Å²) in [5, 5.41) is 2.54. The fourth-order valence-electron chi connectivity index (χ4n) is 1.50. The van der Waals surface area contributed by atoms with E-state index < -0.39 is 29.7 Å². The number of anilines is 1. The number of hydrogen-bond donors (Lipinski definition) is 3. The van der Waals surface area contributed by atoms with Gasteiger partial charge in [0.25, 0.3) is 11.5 Å². The molecular weight excluding hydrogens is 405 g/mol. The highest BCUT2D eigenvalue weighted by Crippen LogP contribution is 2.10. The molecule has 9 heteroatoms. The summed E-state index contributed by atoms with van der Waals surface area (Å²) in [5.74, 6) is -1.55. The quantitative estimate of drug-likeness (QED) is 0.495. The van der Waals surface area contributed by atoms with Crippen molar-refractivity contribution in [1.29, 1.82) is 0 Å². The zero-order chi connectivity index (χ0) is 16.1. The Hall–Kier alpha value is -2.43. The van der Waals surface area contributed by atoms with Crippen LogP contribution in [0.15, 0.2) is 40.1 Å². The second-order valence-electron chi connectivity index (χ2n) is 4.12. The molecule has 1 aromatic carbocycles. The summed E-state index contributed by atoms with van der Waals surface area (Å²) in [6.45, 7) is -0.552. The van der Waals surface area contributed by atoms with E-state index >= 15 is 0 Å². The summed E-state index contributed by atoms with van der Waals surface area (Å²) in [6.07, 6.45) is 0.931. The van der Waals surface area contributed by atoms with Gasteiger partial charge in [0.2, 0.25) is 0 Å². The normalized spacial score (nSPS) is 10.0. The van der Waals surface area contributed by atoms with E-state index in [1.54, 1.807) is 12.1 Å². The van der Waals surface area contributed by atoms with Crippen LogP contribution in [-0.2, 0) is 9.53 Å². The third kappa shape index (κ3) is 4.28. The third-order valence-electron chi connectivity index (χ3n) is 2.50. The van der Waals surface area contributed by atoms with Gasteiger partial charge in [-0.3, -0.25) is 14.6 Å². The number of halogens is 1. The minimum Gasteiger partial charge on any atom is -0.452 e. The molecule has 2 aromatic rings. The molecule has 0 spiro atoms. The summed E-state index contributed by atoms with van der Waals surface area (Å²) in [5.41, 5.74) is -1.45. The van der Waals surface area contributed by atoms with E-state index in [0.717, 1.165) is 9.77 Å². The number of carbonyl (C=O) groups excluding carboxylic acids is 2. The van der Waals surface area contributed by atoms with Gasteiger partial charge >= 0.3 is 11.7 Å². The van der Waals surface area contributed by atoms with Crippen LogP contribution >= 0.6 is 22.6 Å². The van der Waals surface area contributed by atoms with Gasteiger partial charge in [-0.15, -0.1) is 0 Å². The first kappa shape index (κ1) is 15.9. The van der Waals surface area contributed by atoms with Gasteiger partial charge in [-0.1, -0.05) is 0 Å². The zero-order valence-corrected chi connectivity index (χ0v) is 13.2. The zero-order valence-electron chi connectivity index (χ0n) is 11.0. The van der Waals surface area contributed by atoms with Crippen molar-refractivity contribution >= 4 is 40.2 Å². The molecule has 2 rings (SSSR count). The average Bonchev–Trinajstić information content (AvgIpc) is 2.47. The first-order chi connectivity index (χ1) is 10.5. The number of aromatic nitrogens is 2. The van der Waals surface area contributed by atoms with Gasteiger partial charge in [0.15, 0.2) is 6.61 Å². The van der Waals surface area contributed by atoms with Crippen LogP contribution in [0, 0.1) is 3.57 Å². The smallest absolute Gasteiger partial charge is 0.345 e. The van der Waals surface area contributed by atoms with Gasteiger partial charge in [0, 0.05) is 15.5 Å². The highest BCUT2D eigenvalue weighted by atomic mass is 127. The molecule has 3 N–H and O–H groups in total. The summed E-state index contributed by atoms with van der Waals surface area (Å²) in [7, 11) is 0. The van der Waals surface area contributed by atoms with E-state index in [2.05, 4.69) is 32.9 Å². The standard InChI is InChI=1S/C13H10IN3O5/c14-7-1-3-8(4-2-7)16-10(18)6-22-12(20)9-5-15-13(21)17-11(9)19/h1-5H,6H2,(H,16,18)(H2,15,17,19,21). The molecule has 22 heavy (non-hydrogen) atoms. The molecular formula is C13H10IN3O5. The van der Waals surface area contributed by atoms with Crippen molar-refractivity contribution in [3.05, 3.63) is 60.4 Å². The summed E-state index contributed by atoms with van der Waals surface area (Å²) < 4.78 is 5.73. The average molecular weight is 415 g/mol. The number of rotatable bonds is 4. The van der Waals surface area contributed by atoms with E-state index in [0.29, 0.717) is 5.69 Å². The number of carbonyl (C=O) groups is 2. The van der Waals surface area contributed by atoms with Crippen LogP contribution in [0.3, 0.4) is 0 Å². The van der Waals surface area contributed by atoms with E-state index in [1.165, 1.54) is 0 Å². The number of aromatic amines is 2. The molecule has 0 aliphatic carbocycles. The first-order valence-corrected chi connectivity index (χ1v) is 7.08. The van der Waals surface area contributed by atoms with Crippen LogP contribution in [0.2, 0.25) is 0 Å². The molecule has 1 aromatic heterocycles. The lowest BCUT2D eigenvalue weighted by Crippen LogP contribution is -2.29. The SMILES string of the molecule is O=C(COC(=O)c1c[nH]c(=O)[nH]c1=O)Nc1ccc(I)cc1. The van der Waals surface area contributed by atoms with E-state index in [-0.39, 0.29) is 5.56 Å². The van der Waals surface area contributed by atoms with Crippen LogP contribution in [-0.4, -0.2) is 28.5 Å². The molecule has 0 fully saturated rings. The molecule has 1 amide bonds. The Bertz CT molecular complexity index is 809. The van der Waals surface area contributed by atoms with Crippen LogP contribution < -0.4 is 16.6 Å². The summed E-state index contributed by atoms with van der Waals surface area (Å²) in [4.78, 5) is 49.5. The maximum Gasteiger partial charge on any atom is 0.345 e. The number of nitrogens with one attached hydrogen (secondary N) is 3. The number of ether oxygens (including phenoxy) is 1. The van der Waals surface area contributed by atoms with Gasteiger partial charge in [-0.05, 0) is 46.9 Å². The fourth-order valence-corrected chi connectivity index (χ4v) is 1.86. The number of esters is 1. The van der Waals surface area contributed by atoms with Crippen LogP contribution in [0.25, 0.3) is 0 Å². The van der Waals surface area contributed by atoms with Crippen molar-refractivity contribution in [2.24, 2.45) is 0 Å². The maximum absolute atomic E-state index is 11.6. The molecule has 1 heterocycles. The van der Waals surface area contributed by atoms with Gasteiger partial charge in [-0.2, -0.15) is 0 Å². The number of amides is 1. The van der Waals surface area contributed by atoms with E-state index in [1.807, 2.05) is 17.1 Å². The predicted octanol–water partition coefficient (Wildman–Crippen LogP) is 0.463. The Labute approximate surface area is 137 Å². The number of H-pyrrole nitrogens is 2. The summed E-state index contributed by atoms with van der Waals surface area (Å²) >= 11 is 2.13. The Morgan fingerprint density at radius 3 is 2.50 bits per heavy atom. The van der Waals surface area contributed by atoms with Crippen molar-refractivity contribution in [2.45, 2.75) is 0 Å². The van der Waals surface area contributed by atoms with Crippen molar-refractivity contribution < 1.29 is 14.3 Å². The second-order valence-corrected chi connectivity index (χ2v) is 5.36. The molecule has 8 nitrogen and oxygen atoms in total. The molecule has 0 saturated heterocycles. The number of benzene rings is 1. The highest BCUT2D eigenvalue weighted by Gasteiger charge is 2.14. The fraction of sp³-hybridized carbons (Fsp3) is 0.0769. The topological polar surface area (TPSA) is 121 Å². The third-order valence-corrected chi connectivity index (χ3v) is 3.22. The molecule has 0 saturated carbocycles. The molecule has 0 atom stereocenters. The Balaban J connectivity index is 1.93.